The van der Waals surface area contributed by atoms with Gasteiger partial charge in [-0.25, -0.2) is 0 Å². The summed E-state index contributed by atoms with van der Waals surface area (Å²) in [5.41, 5.74) is 3.86. The van der Waals surface area contributed by atoms with Crippen molar-refractivity contribution < 1.29 is 9.59 Å². The summed E-state index contributed by atoms with van der Waals surface area (Å²) >= 11 is 0. The normalized spacial score (nSPS) is 21.9. The molecule has 2 saturated heterocycles. The third kappa shape index (κ3) is 5.98. The van der Waals surface area contributed by atoms with Gasteiger partial charge in [-0.1, -0.05) is 73.7 Å². The van der Waals surface area contributed by atoms with E-state index in [1.165, 1.54) is 5.56 Å². The summed E-state index contributed by atoms with van der Waals surface area (Å²) in [7, 11) is 0. The average molecular weight is 626 g/mol. The maximum Gasteiger partial charge on any atom is 0.256 e. The summed E-state index contributed by atoms with van der Waals surface area (Å²) in [6, 6.07) is 27.6. The van der Waals surface area contributed by atoms with Gasteiger partial charge in [-0.15, -0.1) is 0 Å². The number of likely N-dealkylation sites (tertiary alicyclic amines) is 2. The molecule has 3 aliphatic heterocycles. The first-order valence-electron chi connectivity index (χ1n) is 17.4. The van der Waals surface area contributed by atoms with Crippen LogP contribution in [0.25, 0.3) is 21.9 Å². The highest BCUT2D eigenvalue weighted by atomic mass is 16.2. The summed E-state index contributed by atoms with van der Waals surface area (Å²) in [5.74, 6) is 2.20. The van der Waals surface area contributed by atoms with Crippen molar-refractivity contribution in [1.29, 1.82) is 0 Å². The minimum Gasteiger partial charge on any atom is -0.342 e. The van der Waals surface area contributed by atoms with Crippen molar-refractivity contribution >= 4 is 28.4 Å². The van der Waals surface area contributed by atoms with E-state index in [1.54, 1.807) is 0 Å². The van der Waals surface area contributed by atoms with Crippen LogP contribution < -0.4 is 0 Å². The fourth-order valence-electron chi connectivity index (χ4n) is 7.85. The molecule has 8 rings (SSSR count). The lowest BCUT2D eigenvalue weighted by Gasteiger charge is -2.36. The smallest absolute Gasteiger partial charge is 0.256 e. The Morgan fingerprint density at radius 2 is 1.62 bits per heavy atom. The van der Waals surface area contributed by atoms with E-state index in [9.17, 15) is 9.59 Å². The topological polar surface area (TPSA) is 69.1 Å². The molecule has 7 nitrogen and oxygen atoms in total. The van der Waals surface area contributed by atoms with Gasteiger partial charge in [-0.3, -0.25) is 29.4 Å². The highest BCUT2D eigenvalue weighted by Crippen LogP contribution is 2.38. The molecule has 4 heterocycles. The lowest BCUT2D eigenvalue weighted by molar-refractivity contribution is -0.134. The first kappa shape index (κ1) is 30.0. The molecule has 47 heavy (non-hydrogen) atoms. The molecule has 1 spiro atoms. The Kier molecular flexibility index (Phi) is 7.88. The van der Waals surface area contributed by atoms with E-state index in [1.807, 2.05) is 23.4 Å². The number of aliphatic imine (C=N–C) groups is 1. The standard InChI is InChI=1S/C40H43N5O2/c1-28(36-16-20-44(27-36)38(46)32-11-12-32)25-45-37(31-9-7-30(8-10-31)33-13-14-35-24-41-19-15-34(35)23-33)42-40(39(45)47)17-21-43(22-18-40)26-29-5-3-2-4-6-29/h2-10,13-15,19,23-24,28,32,36H,11-12,16-18,20-22,25-27H2,1H3/t28-,36?/m1/s1. The van der Waals surface area contributed by atoms with E-state index in [-0.39, 0.29) is 17.7 Å². The third-order valence-electron chi connectivity index (χ3n) is 11.0. The Labute approximate surface area is 277 Å². The lowest BCUT2D eigenvalue weighted by atomic mass is 9.86. The van der Waals surface area contributed by atoms with E-state index < -0.39 is 5.54 Å². The van der Waals surface area contributed by atoms with Crippen molar-refractivity contribution in [3.63, 3.8) is 0 Å². The second kappa shape index (κ2) is 12.3. The highest BCUT2D eigenvalue weighted by molar-refractivity contribution is 6.15. The quantitative estimate of drug-likeness (QED) is 0.227. The third-order valence-corrected chi connectivity index (χ3v) is 11.0. The second-order valence-electron chi connectivity index (χ2n) is 14.2. The molecule has 3 aromatic carbocycles. The van der Waals surface area contributed by atoms with Crippen LogP contribution in [0.3, 0.4) is 0 Å². The number of amidine groups is 1. The number of nitrogens with zero attached hydrogens (tertiary/aromatic N) is 5. The molecule has 1 aliphatic carbocycles. The SMILES string of the molecule is C[C@H](CN1C(=O)C2(CCN(Cc3ccccc3)CC2)N=C1c1ccc(-c2ccc3cnccc3c2)cc1)C1CCN(C(=O)C2CC2)C1. The molecule has 2 atom stereocenters. The fourth-order valence-corrected chi connectivity index (χ4v) is 7.85. The van der Waals surface area contributed by atoms with Gasteiger partial charge < -0.3 is 4.90 Å². The largest absolute Gasteiger partial charge is 0.342 e. The molecule has 0 bridgehead atoms. The first-order chi connectivity index (χ1) is 23.0. The van der Waals surface area contributed by atoms with Gasteiger partial charge in [0.15, 0.2) is 0 Å². The van der Waals surface area contributed by atoms with Gasteiger partial charge in [-0.2, -0.15) is 0 Å². The van der Waals surface area contributed by atoms with Crippen LogP contribution in [0.5, 0.6) is 0 Å². The molecule has 1 unspecified atom stereocenters. The number of hydrogen-bond acceptors (Lipinski definition) is 5. The van der Waals surface area contributed by atoms with E-state index in [2.05, 4.69) is 94.5 Å². The van der Waals surface area contributed by atoms with Crippen LogP contribution in [0, 0.1) is 17.8 Å². The highest BCUT2D eigenvalue weighted by Gasteiger charge is 2.50. The van der Waals surface area contributed by atoms with Gasteiger partial charge in [0.25, 0.3) is 5.91 Å². The molecule has 7 heteroatoms. The Morgan fingerprint density at radius 3 is 2.38 bits per heavy atom. The van der Waals surface area contributed by atoms with E-state index in [0.29, 0.717) is 18.4 Å². The number of aromatic nitrogens is 1. The predicted octanol–water partition coefficient (Wildman–Crippen LogP) is 6.42. The van der Waals surface area contributed by atoms with Crippen molar-refractivity contribution in [3.05, 3.63) is 102 Å². The van der Waals surface area contributed by atoms with Gasteiger partial charge in [0, 0.05) is 68.5 Å². The number of carbonyl (C=O) groups excluding carboxylic acids is 2. The molecule has 0 radical (unpaired) electrons. The van der Waals surface area contributed by atoms with E-state index in [4.69, 9.17) is 4.99 Å². The maximum absolute atomic E-state index is 14.5. The number of amides is 2. The molecule has 1 aromatic heterocycles. The average Bonchev–Trinajstić information content (AvgIpc) is 3.79. The van der Waals surface area contributed by atoms with Crippen molar-refractivity contribution in [1.82, 2.24) is 19.7 Å². The predicted molar refractivity (Wildman–Crippen MR) is 186 cm³/mol. The van der Waals surface area contributed by atoms with Crippen LogP contribution >= 0.6 is 0 Å². The maximum atomic E-state index is 14.5. The number of fused-ring (bicyclic) bond motifs is 1. The summed E-state index contributed by atoms with van der Waals surface area (Å²) in [5, 5.41) is 2.29. The summed E-state index contributed by atoms with van der Waals surface area (Å²) in [4.78, 5) is 43.4. The molecule has 240 valence electrons. The Balaban J connectivity index is 1.04. The van der Waals surface area contributed by atoms with Crippen molar-refractivity contribution in [2.75, 3.05) is 32.7 Å². The number of hydrogen-bond donors (Lipinski definition) is 0. The van der Waals surface area contributed by atoms with Crippen LogP contribution in [-0.4, -0.2) is 75.6 Å². The van der Waals surface area contributed by atoms with Crippen molar-refractivity contribution in [3.8, 4) is 11.1 Å². The monoisotopic (exact) mass is 625 g/mol. The van der Waals surface area contributed by atoms with Gasteiger partial charge >= 0.3 is 0 Å². The number of pyridine rings is 1. The van der Waals surface area contributed by atoms with Gasteiger partial charge in [0.05, 0.1) is 0 Å². The summed E-state index contributed by atoms with van der Waals surface area (Å²) in [6.07, 6.45) is 8.26. The van der Waals surface area contributed by atoms with Gasteiger partial charge in [0.1, 0.15) is 11.4 Å². The zero-order chi connectivity index (χ0) is 32.0. The van der Waals surface area contributed by atoms with Crippen LogP contribution in [0.2, 0.25) is 0 Å². The van der Waals surface area contributed by atoms with Crippen LogP contribution in [0.4, 0.5) is 0 Å². The Bertz CT molecular complexity index is 1810. The number of benzene rings is 3. The summed E-state index contributed by atoms with van der Waals surface area (Å²) < 4.78 is 0. The zero-order valence-corrected chi connectivity index (χ0v) is 27.2. The van der Waals surface area contributed by atoms with E-state index in [0.717, 1.165) is 98.1 Å². The van der Waals surface area contributed by atoms with E-state index >= 15 is 0 Å². The lowest BCUT2D eigenvalue weighted by Crippen LogP contribution is -2.50. The van der Waals surface area contributed by atoms with Gasteiger partial charge in [-0.05, 0) is 78.1 Å². The zero-order valence-electron chi connectivity index (χ0n) is 27.2. The molecule has 3 fully saturated rings. The second-order valence-corrected chi connectivity index (χ2v) is 14.2. The van der Waals surface area contributed by atoms with Gasteiger partial charge in [0.2, 0.25) is 5.91 Å². The van der Waals surface area contributed by atoms with Crippen LogP contribution in [0.1, 0.15) is 50.2 Å². The number of piperidine rings is 1. The minimum absolute atomic E-state index is 0.148. The molecule has 1 saturated carbocycles. The number of carbonyl (C=O) groups is 2. The van der Waals surface area contributed by atoms with Crippen LogP contribution in [0.15, 0.2) is 96.2 Å². The Hall–Kier alpha value is -4.36. The van der Waals surface area contributed by atoms with Crippen molar-refractivity contribution in [2.45, 2.75) is 51.1 Å². The molecule has 2 amide bonds. The summed E-state index contributed by atoms with van der Waals surface area (Å²) in [6.45, 7) is 7.12. The first-order valence-corrected chi connectivity index (χ1v) is 17.4. The van der Waals surface area contributed by atoms with Crippen molar-refractivity contribution in [2.24, 2.45) is 22.7 Å². The fraction of sp³-hybridized carbons (Fsp3) is 0.400. The molecule has 0 N–H and O–H groups in total. The molecule has 4 aromatic rings. The molecule has 4 aliphatic rings. The minimum atomic E-state index is -0.711. The number of rotatable bonds is 8. The Morgan fingerprint density at radius 1 is 0.872 bits per heavy atom. The van der Waals surface area contributed by atoms with Crippen LogP contribution in [-0.2, 0) is 16.1 Å². The molecular weight excluding hydrogens is 582 g/mol. The molecular formula is C40H43N5O2.